The molecule has 1 aromatic carbocycles. The molecule has 1 aromatic heterocycles. The Kier molecular flexibility index (Phi) is 5.40. The molecule has 0 aliphatic heterocycles. The van der Waals surface area contributed by atoms with Crippen LogP contribution in [0.4, 0.5) is 15.2 Å². The predicted octanol–water partition coefficient (Wildman–Crippen LogP) is 1.85. The van der Waals surface area contributed by atoms with Crippen LogP contribution in [0, 0.1) is 9.77 Å². The standard InChI is InChI=1S/C13H14FN5O2S2/c1-16-8(20)5-3-6-2-4-7(14)9(10(6)15)11(21)17-12-18-19-13(22)23-12/h2,4H,3,5,15H2,1H3,(H,16,20)(H,19,22)(H,17,18,21). The zero-order chi connectivity index (χ0) is 17.0. The van der Waals surface area contributed by atoms with Crippen LogP contribution < -0.4 is 16.4 Å². The van der Waals surface area contributed by atoms with Crippen molar-refractivity contribution < 1.29 is 14.0 Å². The Balaban J connectivity index is 2.24. The van der Waals surface area contributed by atoms with E-state index in [1.54, 1.807) is 0 Å². The normalized spacial score (nSPS) is 10.3. The number of carbonyl (C=O) groups excluding carboxylic acids is 2. The van der Waals surface area contributed by atoms with E-state index in [0.29, 0.717) is 15.9 Å². The number of rotatable bonds is 5. The van der Waals surface area contributed by atoms with Crippen molar-refractivity contribution in [3.8, 4) is 0 Å². The van der Waals surface area contributed by atoms with Crippen LogP contribution in [0.1, 0.15) is 22.3 Å². The van der Waals surface area contributed by atoms with E-state index < -0.39 is 11.7 Å². The molecule has 0 radical (unpaired) electrons. The first kappa shape index (κ1) is 17.0. The zero-order valence-corrected chi connectivity index (χ0v) is 13.7. The van der Waals surface area contributed by atoms with Gasteiger partial charge in [0.15, 0.2) is 3.95 Å². The summed E-state index contributed by atoms with van der Waals surface area (Å²) in [5.74, 6) is -1.64. The minimum atomic E-state index is -0.747. The maximum Gasteiger partial charge on any atom is 0.262 e. The number of nitrogens with zero attached hydrogens (tertiary/aromatic N) is 1. The molecule has 5 N–H and O–H groups in total. The third-order valence-electron chi connectivity index (χ3n) is 3.07. The molecule has 2 rings (SSSR count). The molecule has 2 aromatic rings. The van der Waals surface area contributed by atoms with E-state index in [9.17, 15) is 14.0 Å². The summed E-state index contributed by atoms with van der Waals surface area (Å²) in [7, 11) is 1.52. The molecular weight excluding hydrogens is 341 g/mol. The van der Waals surface area contributed by atoms with Gasteiger partial charge in [0.05, 0.1) is 11.3 Å². The molecule has 0 aliphatic rings. The Morgan fingerprint density at radius 1 is 1.48 bits per heavy atom. The molecule has 0 spiro atoms. The molecule has 0 unspecified atom stereocenters. The molecule has 0 bridgehead atoms. The summed E-state index contributed by atoms with van der Waals surface area (Å²) in [5.41, 5.74) is 6.14. The number of anilines is 2. The number of nitrogen functional groups attached to an aromatic ring is 1. The summed E-state index contributed by atoms with van der Waals surface area (Å²) in [6.45, 7) is 0. The lowest BCUT2D eigenvalue weighted by atomic mass is 10.0. The molecule has 0 aliphatic carbocycles. The molecule has 23 heavy (non-hydrogen) atoms. The minimum absolute atomic E-state index is 0.00513. The largest absolute Gasteiger partial charge is 0.398 e. The SMILES string of the molecule is CNC(=O)CCc1ccc(F)c(C(=O)Nc2n[nH]c(=S)s2)c1N. The molecular formula is C13H14FN5O2S2. The van der Waals surface area contributed by atoms with Crippen molar-refractivity contribution in [1.82, 2.24) is 15.5 Å². The van der Waals surface area contributed by atoms with Gasteiger partial charge in [-0.1, -0.05) is 17.4 Å². The van der Waals surface area contributed by atoms with Crippen LogP contribution in [0.2, 0.25) is 0 Å². The van der Waals surface area contributed by atoms with Crippen molar-refractivity contribution in [2.24, 2.45) is 0 Å². The van der Waals surface area contributed by atoms with Crippen LogP contribution in [0.15, 0.2) is 12.1 Å². The fourth-order valence-electron chi connectivity index (χ4n) is 1.90. The van der Waals surface area contributed by atoms with Gasteiger partial charge < -0.3 is 11.1 Å². The molecule has 0 atom stereocenters. The van der Waals surface area contributed by atoms with Gasteiger partial charge in [0, 0.05) is 13.5 Å². The van der Waals surface area contributed by atoms with E-state index in [2.05, 4.69) is 20.8 Å². The highest BCUT2D eigenvalue weighted by atomic mass is 32.1. The van der Waals surface area contributed by atoms with Crippen LogP contribution in [0.3, 0.4) is 0 Å². The van der Waals surface area contributed by atoms with Gasteiger partial charge in [-0.05, 0) is 30.3 Å². The average Bonchev–Trinajstić information content (AvgIpc) is 2.91. The van der Waals surface area contributed by atoms with Gasteiger partial charge >= 0.3 is 0 Å². The maximum absolute atomic E-state index is 14.0. The van der Waals surface area contributed by atoms with Crippen molar-refractivity contribution in [1.29, 1.82) is 0 Å². The summed E-state index contributed by atoms with van der Waals surface area (Å²) >= 11 is 5.90. The maximum atomic E-state index is 14.0. The number of halogens is 1. The molecule has 1 heterocycles. The number of hydrogen-bond acceptors (Lipinski definition) is 6. The van der Waals surface area contributed by atoms with Gasteiger partial charge in [-0.2, -0.15) is 0 Å². The zero-order valence-electron chi connectivity index (χ0n) is 12.1. The Morgan fingerprint density at radius 2 is 2.22 bits per heavy atom. The average molecular weight is 355 g/mol. The Bertz CT molecular complexity index is 802. The van der Waals surface area contributed by atoms with E-state index in [-0.39, 0.29) is 28.7 Å². The van der Waals surface area contributed by atoms with E-state index in [1.165, 1.54) is 13.1 Å². The van der Waals surface area contributed by atoms with Gasteiger partial charge in [-0.15, -0.1) is 5.10 Å². The van der Waals surface area contributed by atoms with Gasteiger partial charge in [-0.3, -0.25) is 20.0 Å². The number of aromatic nitrogens is 2. The topological polar surface area (TPSA) is 113 Å². The smallest absolute Gasteiger partial charge is 0.262 e. The number of nitrogens with one attached hydrogen (secondary N) is 3. The van der Waals surface area contributed by atoms with Gasteiger partial charge in [0.2, 0.25) is 11.0 Å². The number of benzene rings is 1. The van der Waals surface area contributed by atoms with Crippen LogP contribution in [-0.4, -0.2) is 29.1 Å². The molecule has 0 saturated carbocycles. The number of H-pyrrole nitrogens is 1. The van der Waals surface area contributed by atoms with E-state index >= 15 is 0 Å². The van der Waals surface area contributed by atoms with Crippen LogP contribution in [0.5, 0.6) is 0 Å². The first-order chi connectivity index (χ1) is 10.9. The summed E-state index contributed by atoms with van der Waals surface area (Å²) in [6.07, 6.45) is 0.488. The number of nitrogens with two attached hydrogens (primary N) is 1. The Labute approximate surface area is 140 Å². The van der Waals surface area contributed by atoms with Crippen molar-refractivity contribution in [3.63, 3.8) is 0 Å². The number of aryl methyl sites for hydroxylation is 1. The highest BCUT2D eigenvalue weighted by Crippen LogP contribution is 2.24. The third kappa shape index (κ3) is 4.11. The first-order valence-corrected chi connectivity index (χ1v) is 7.79. The van der Waals surface area contributed by atoms with Crippen molar-refractivity contribution in [3.05, 3.63) is 33.0 Å². The first-order valence-electron chi connectivity index (χ1n) is 6.56. The van der Waals surface area contributed by atoms with Crippen molar-refractivity contribution in [2.75, 3.05) is 18.1 Å². The Hall–Kier alpha value is -2.33. The highest BCUT2D eigenvalue weighted by molar-refractivity contribution is 7.73. The van der Waals surface area contributed by atoms with Crippen molar-refractivity contribution in [2.45, 2.75) is 12.8 Å². The van der Waals surface area contributed by atoms with E-state index in [0.717, 1.165) is 17.4 Å². The molecule has 2 amide bonds. The molecule has 7 nitrogen and oxygen atoms in total. The molecule has 10 heteroatoms. The predicted molar refractivity (Wildman–Crippen MR) is 88.5 cm³/mol. The number of hydrogen-bond donors (Lipinski definition) is 4. The Morgan fingerprint density at radius 3 is 2.83 bits per heavy atom. The van der Waals surface area contributed by atoms with Gasteiger partial charge in [0.25, 0.3) is 5.91 Å². The van der Waals surface area contributed by atoms with E-state index in [1.807, 2.05) is 0 Å². The van der Waals surface area contributed by atoms with Crippen LogP contribution >= 0.6 is 23.6 Å². The second-order valence-corrected chi connectivity index (χ2v) is 6.21. The number of carbonyl (C=O) groups is 2. The van der Waals surface area contributed by atoms with E-state index in [4.69, 9.17) is 18.0 Å². The monoisotopic (exact) mass is 355 g/mol. The lowest BCUT2D eigenvalue weighted by Gasteiger charge is -2.11. The third-order valence-corrected chi connectivity index (χ3v) is 4.08. The highest BCUT2D eigenvalue weighted by Gasteiger charge is 2.19. The van der Waals surface area contributed by atoms with Gasteiger partial charge in [0.1, 0.15) is 5.82 Å². The summed E-state index contributed by atoms with van der Waals surface area (Å²) in [6, 6.07) is 2.61. The molecule has 122 valence electrons. The fourth-order valence-corrected chi connectivity index (χ4v) is 2.69. The summed E-state index contributed by atoms with van der Waals surface area (Å²) in [4.78, 5) is 23.5. The second kappa shape index (κ2) is 7.29. The lowest BCUT2D eigenvalue weighted by Crippen LogP contribution is -2.19. The summed E-state index contributed by atoms with van der Waals surface area (Å²) < 4.78 is 14.4. The summed E-state index contributed by atoms with van der Waals surface area (Å²) in [5, 5.41) is 11.4. The van der Waals surface area contributed by atoms with Crippen molar-refractivity contribution >= 4 is 46.2 Å². The number of aromatic amines is 1. The minimum Gasteiger partial charge on any atom is -0.398 e. The quantitative estimate of drug-likeness (QED) is 0.483. The second-order valence-electron chi connectivity index (χ2n) is 4.54. The lowest BCUT2D eigenvalue weighted by molar-refractivity contribution is -0.120. The fraction of sp³-hybridized carbons (Fsp3) is 0.231. The van der Waals surface area contributed by atoms with Gasteiger partial charge in [-0.25, -0.2) is 4.39 Å². The molecule has 0 saturated heterocycles. The van der Waals surface area contributed by atoms with Crippen LogP contribution in [0.25, 0.3) is 0 Å². The number of amides is 2. The van der Waals surface area contributed by atoms with Crippen LogP contribution in [-0.2, 0) is 11.2 Å². The molecule has 0 fully saturated rings.